The molecule has 0 aromatic heterocycles. The lowest BCUT2D eigenvalue weighted by Crippen LogP contribution is -2.25. The topological polar surface area (TPSA) is 102 Å². The van der Waals surface area contributed by atoms with E-state index >= 15 is 0 Å². The fourth-order valence-electron chi connectivity index (χ4n) is 1.06. The fourth-order valence-corrected chi connectivity index (χ4v) is 1.06. The van der Waals surface area contributed by atoms with Crippen molar-refractivity contribution in [2.75, 3.05) is 6.61 Å². The first-order valence-corrected chi connectivity index (χ1v) is 4.82. The highest BCUT2D eigenvalue weighted by molar-refractivity contribution is 5.79. The molecule has 0 spiro atoms. The summed E-state index contributed by atoms with van der Waals surface area (Å²) in [6.07, 6.45) is 0. The first kappa shape index (κ1) is 12.9. The Bertz CT molecular complexity index is 450. The van der Waals surface area contributed by atoms with Gasteiger partial charge in [0.25, 0.3) is 0 Å². The molecule has 0 saturated heterocycles. The van der Waals surface area contributed by atoms with Gasteiger partial charge in [0.15, 0.2) is 5.75 Å². The van der Waals surface area contributed by atoms with Crippen LogP contribution in [0.3, 0.4) is 0 Å². The van der Waals surface area contributed by atoms with Gasteiger partial charge in [-0.25, -0.2) is 4.39 Å². The summed E-state index contributed by atoms with van der Waals surface area (Å²) in [5, 5.41) is 17.8. The van der Waals surface area contributed by atoms with E-state index in [0.29, 0.717) is 0 Å². The highest BCUT2D eigenvalue weighted by Crippen LogP contribution is 2.27. The van der Waals surface area contributed by atoms with Gasteiger partial charge in [-0.15, -0.1) is 0 Å². The lowest BCUT2D eigenvalue weighted by atomic mass is 10.2. The molecule has 6 nitrogen and oxygen atoms in total. The van der Waals surface area contributed by atoms with Crippen LogP contribution in [0.1, 0.15) is 6.92 Å². The van der Waals surface area contributed by atoms with Gasteiger partial charge in [-0.3, -0.25) is 15.5 Å². The Morgan fingerprint density at radius 1 is 1.71 bits per heavy atom. The van der Waals surface area contributed by atoms with Gasteiger partial charge in [0.1, 0.15) is 5.82 Å². The largest absolute Gasteiger partial charge is 0.486 e. The van der Waals surface area contributed by atoms with Crippen LogP contribution in [-0.4, -0.2) is 17.4 Å². The second kappa shape index (κ2) is 5.24. The molecule has 0 radical (unpaired) electrons. The molecule has 1 unspecified atom stereocenters. The molecule has 0 aliphatic heterocycles. The molecule has 17 heavy (non-hydrogen) atoms. The average Bonchev–Trinajstić information content (AvgIpc) is 2.25. The number of ether oxygens (including phenoxy) is 1. The maximum absolute atomic E-state index is 12.9. The number of nitro groups is 1. The molecular weight excluding hydrogens is 229 g/mol. The molecule has 7 heteroatoms. The molecule has 0 saturated carbocycles. The third-order valence-electron chi connectivity index (χ3n) is 2.14. The molecule has 0 heterocycles. The molecule has 1 aromatic carbocycles. The van der Waals surface area contributed by atoms with Gasteiger partial charge in [-0.2, -0.15) is 0 Å². The van der Waals surface area contributed by atoms with Crippen molar-refractivity contribution in [3.8, 4) is 5.75 Å². The lowest BCUT2D eigenvalue weighted by molar-refractivity contribution is -0.385. The van der Waals surface area contributed by atoms with Crippen LogP contribution in [0.4, 0.5) is 10.1 Å². The van der Waals surface area contributed by atoms with Crippen LogP contribution in [0, 0.1) is 27.3 Å². The zero-order valence-corrected chi connectivity index (χ0v) is 9.14. The van der Waals surface area contributed by atoms with E-state index in [1.165, 1.54) is 0 Å². The molecule has 1 aromatic rings. The van der Waals surface area contributed by atoms with Crippen LogP contribution in [0.2, 0.25) is 0 Å². The minimum Gasteiger partial charge on any atom is -0.486 e. The number of nitrogens with two attached hydrogens (primary N) is 1. The summed E-state index contributed by atoms with van der Waals surface area (Å²) in [6, 6.07) is 2.95. The van der Waals surface area contributed by atoms with Crippen molar-refractivity contribution in [3.63, 3.8) is 0 Å². The molecule has 92 valence electrons. The Morgan fingerprint density at radius 2 is 2.35 bits per heavy atom. The second-order valence-corrected chi connectivity index (χ2v) is 3.54. The average molecular weight is 241 g/mol. The number of halogens is 1. The quantitative estimate of drug-likeness (QED) is 0.354. The molecule has 0 aliphatic carbocycles. The normalized spacial score (nSPS) is 11.9. The van der Waals surface area contributed by atoms with E-state index in [4.69, 9.17) is 15.9 Å². The van der Waals surface area contributed by atoms with Crippen LogP contribution in [0.25, 0.3) is 0 Å². The molecule has 0 amide bonds. The van der Waals surface area contributed by atoms with E-state index in [9.17, 15) is 14.5 Å². The van der Waals surface area contributed by atoms with Crippen molar-refractivity contribution in [2.45, 2.75) is 6.92 Å². The van der Waals surface area contributed by atoms with Gasteiger partial charge >= 0.3 is 5.69 Å². The van der Waals surface area contributed by atoms with Gasteiger partial charge < -0.3 is 10.5 Å². The van der Waals surface area contributed by atoms with Crippen LogP contribution >= 0.6 is 0 Å². The number of rotatable bonds is 5. The number of nitro benzene ring substituents is 1. The van der Waals surface area contributed by atoms with Crippen molar-refractivity contribution >= 4 is 11.5 Å². The first-order valence-electron chi connectivity index (χ1n) is 4.82. The molecule has 0 aliphatic rings. The third-order valence-corrected chi connectivity index (χ3v) is 2.14. The summed E-state index contributed by atoms with van der Waals surface area (Å²) in [7, 11) is 0. The number of nitrogens with zero attached hydrogens (tertiary/aromatic N) is 1. The minimum absolute atomic E-state index is 0.0143. The number of nitrogens with one attached hydrogen (secondary N) is 1. The van der Waals surface area contributed by atoms with Crippen LogP contribution < -0.4 is 10.5 Å². The summed E-state index contributed by atoms with van der Waals surface area (Å²) < 4.78 is 18.0. The molecule has 3 N–H and O–H groups in total. The number of hydrogen-bond donors (Lipinski definition) is 2. The summed E-state index contributed by atoms with van der Waals surface area (Å²) in [4.78, 5) is 9.99. The van der Waals surface area contributed by atoms with Gasteiger partial charge in [0.05, 0.1) is 17.4 Å². The van der Waals surface area contributed by atoms with Crippen molar-refractivity contribution in [3.05, 3.63) is 34.1 Å². The Kier molecular flexibility index (Phi) is 3.97. The van der Waals surface area contributed by atoms with Gasteiger partial charge in [0, 0.05) is 18.1 Å². The van der Waals surface area contributed by atoms with Crippen LogP contribution in [0.15, 0.2) is 18.2 Å². The van der Waals surface area contributed by atoms with Gasteiger partial charge in [-0.05, 0) is 6.07 Å². The molecule has 0 bridgehead atoms. The van der Waals surface area contributed by atoms with E-state index in [-0.39, 0.29) is 23.9 Å². The molecule has 1 atom stereocenters. The number of benzene rings is 1. The fraction of sp³-hybridized carbons (Fsp3) is 0.300. The Hall–Kier alpha value is -2.18. The summed E-state index contributed by atoms with van der Waals surface area (Å²) in [5.41, 5.74) is 4.91. The highest BCUT2D eigenvalue weighted by Gasteiger charge is 2.17. The Labute approximate surface area is 96.8 Å². The monoisotopic (exact) mass is 241 g/mol. The van der Waals surface area contributed by atoms with Crippen LogP contribution in [0.5, 0.6) is 5.75 Å². The van der Waals surface area contributed by atoms with Gasteiger partial charge in [0.2, 0.25) is 0 Å². The van der Waals surface area contributed by atoms with Crippen molar-refractivity contribution in [2.24, 2.45) is 11.7 Å². The second-order valence-electron chi connectivity index (χ2n) is 3.54. The maximum Gasteiger partial charge on any atom is 0.311 e. The van der Waals surface area contributed by atoms with E-state index in [1.807, 2.05) is 0 Å². The van der Waals surface area contributed by atoms with Gasteiger partial charge in [-0.1, -0.05) is 6.92 Å². The summed E-state index contributed by atoms with van der Waals surface area (Å²) in [6.45, 7) is 1.62. The number of hydrogen-bond acceptors (Lipinski definition) is 4. The number of amidine groups is 1. The van der Waals surface area contributed by atoms with Crippen LogP contribution in [-0.2, 0) is 0 Å². The predicted molar refractivity (Wildman–Crippen MR) is 59.6 cm³/mol. The predicted octanol–water partition coefficient (Wildman–Crippen LogP) is 1.68. The maximum atomic E-state index is 12.9. The Morgan fingerprint density at radius 3 is 2.88 bits per heavy atom. The van der Waals surface area contributed by atoms with E-state index in [1.54, 1.807) is 6.92 Å². The minimum atomic E-state index is -0.660. The summed E-state index contributed by atoms with van der Waals surface area (Å²) in [5.74, 6) is -1.27. The lowest BCUT2D eigenvalue weighted by Gasteiger charge is -2.11. The first-order chi connectivity index (χ1) is 7.91. The molecule has 1 rings (SSSR count). The standard InChI is InChI=1S/C10H12FN3O3/c1-6(10(12)13)5-17-9-4-7(11)2-3-8(9)14(15)16/h2-4,6H,5H2,1H3,(H3,12,13). The van der Waals surface area contributed by atoms with E-state index < -0.39 is 16.7 Å². The van der Waals surface area contributed by atoms with Crippen molar-refractivity contribution in [1.29, 1.82) is 5.41 Å². The SMILES string of the molecule is CC(COc1cc(F)ccc1[N+](=O)[O-])C(=N)N. The smallest absolute Gasteiger partial charge is 0.311 e. The summed E-state index contributed by atoms with van der Waals surface area (Å²) >= 11 is 0. The molecule has 0 fully saturated rings. The zero-order chi connectivity index (χ0) is 13.0. The van der Waals surface area contributed by atoms with E-state index in [0.717, 1.165) is 18.2 Å². The zero-order valence-electron chi connectivity index (χ0n) is 9.14. The highest BCUT2D eigenvalue weighted by atomic mass is 19.1. The van der Waals surface area contributed by atoms with Crippen molar-refractivity contribution in [1.82, 2.24) is 0 Å². The third kappa shape index (κ3) is 3.40. The van der Waals surface area contributed by atoms with Crippen molar-refractivity contribution < 1.29 is 14.1 Å². The van der Waals surface area contributed by atoms with E-state index in [2.05, 4.69) is 0 Å². The molecular formula is C10H12FN3O3. The Balaban J connectivity index is 2.85.